The third kappa shape index (κ3) is 3.21. The van der Waals surface area contributed by atoms with E-state index in [4.69, 9.17) is 4.74 Å². The Balaban J connectivity index is 2.20. The molecule has 3 unspecified atom stereocenters. The Kier molecular flexibility index (Phi) is 4.47. The van der Waals surface area contributed by atoms with Crippen LogP contribution < -0.4 is 10.1 Å². The minimum Gasteiger partial charge on any atom is -0.494 e. The van der Waals surface area contributed by atoms with Crippen LogP contribution in [-0.2, 0) is 0 Å². The van der Waals surface area contributed by atoms with Crippen molar-refractivity contribution < 1.29 is 9.66 Å². The minimum atomic E-state index is -0.381. The fourth-order valence-corrected chi connectivity index (χ4v) is 2.80. The van der Waals surface area contributed by atoms with Gasteiger partial charge in [-0.3, -0.25) is 10.1 Å². The lowest BCUT2D eigenvalue weighted by atomic mass is 9.97. The molecule has 1 aromatic rings. The zero-order valence-corrected chi connectivity index (χ0v) is 12.3. The van der Waals surface area contributed by atoms with Gasteiger partial charge in [0, 0.05) is 23.9 Å². The third-order valence-corrected chi connectivity index (χ3v) is 4.23. The number of ether oxygens (including phenoxy) is 1. The Morgan fingerprint density at radius 2 is 2.10 bits per heavy atom. The van der Waals surface area contributed by atoms with Gasteiger partial charge in [-0.15, -0.1) is 0 Å². The second-order valence-corrected chi connectivity index (χ2v) is 5.57. The van der Waals surface area contributed by atoms with Gasteiger partial charge in [-0.1, -0.05) is 13.8 Å². The summed E-state index contributed by atoms with van der Waals surface area (Å²) in [6, 6.07) is 5.27. The summed E-state index contributed by atoms with van der Waals surface area (Å²) in [5.41, 5.74) is 0.839. The van der Waals surface area contributed by atoms with Gasteiger partial charge < -0.3 is 10.1 Å². The van der Waals surface area contributed by atoms with Crippen molar-refractivity contribution in [3.8, 4) is 5.75 Å². The molecule has 0 bridgehead atoms. The van der Waals surface area contributed by atoms with Gasteiger partial charge in [0.2, 0.25) is 0 Å². The van der Waals surface area contributed by atoms with E-state index in [0.29, 0.717) is 30.2 Å². The predicted molar refractivity (Wildman–Crippen MR) is 79.2 cm³/mol. The molecule has 1 fully saturated rings. The first-order valence-electron chi connectivity index (χ1n) is 7.20. The van der Waals surface area contributed by atoms with E-state index in [9.17, 15) is 10.1 Å². The summed E-state index contributed by atoms with van der Waals surface area (Å²) in [5, 5.41) is 14.4. The molecule has 0 radical (unpaired) electrons. The first-order chi connectivity index (χ1) is 9.51. The summed E-state index contributed by atoms with van der Waals surface area (Å²) in [6.45, 7) is 6.85. The van der Waals surface area contributed by atoms with Crippen molar-refractivity contribution in [2.24, 2.45) is 11.8 Å². The summed E-state index contributed by atoms with van der Waals surface area (Å²) in [5.74, 6) is 1.81. The quantitative estimate of drug-likeness (QED) is 0.656. The first-order valence-corrected chi connectivity index (χ1v) is 7.20. The Hall–Kier alpha value is -1.78. The minimum absolute atomic E-state index is 0.0668. The standard InChI is InChI=1S/C15H22N2O3/c1-4-20-14-8-12(7-13(9-14)17(18)19)16-15-6-5-10(2)11(15)3/h7-11,15-16H,4-6H2,1-3H3. The molecular formula is C15H22N2O3. The fraction of sp³-hybridized carbons (Fsp3) is 0.600. The van der Waals surface area contributed by atoms with Gasteiger partial charge in [0.15, 0.2) is 0 Å². The highest BCUT2D eigenvalue weighted by Crippen LogP contribution is 2.35. The van der Waals surface area contributed by atoms with Gasteiger partial charge in [-0.05, 0) is 31.6 Å². The predicted octanol–water partition coefficient (Wildman–Crippen LogP) is 3.84. The molecule has 5 nitrogen and oxygen atoms in total. The van der Waals surface area contributed by atoms with E-state index in [1.807, 2.05) is 13.0 Å². The van der Waals surface area contributed by atoms with E-state index < -0.39 is 0 Å². The molecule has 0 saturated heterocycles. The highest BCUT2D eigenvalue weighted by Gasteiger charge is 2.29. The number of hydrogen-bond acceptors (Lipinski definition) is 4. The number of nitrogens with zero attached hydrogens (tertiary/aromatic N) is 1. The average Bonchev–Trinajstić information content (AvgIpc) is 2.71. The van der Waals surface area contributed by atoms with E-state index in [2.05, 4.69) is 19.2 Å². The van der Waals surface area contributed by atoms with Crippen molar-refractivity contribution in [2.45, 2.75) is 39.7 Å². The van der Waals surface area contributed by atoms with Crippen LogP contribution in [0.15, 0.2) is 18.2 Å². The number of benzene rings is 1. The van der Waals surface area contributed by atoms with Gasteiger partial charge >= 0.3 is 0 Å². The molecule has 0 spiro atoms. The lowest BCUT2D eigenvalue weighted by Crippen LogP contribution is -2.24. The van der Waals surface area contributed by atoms with Crippen LogP contribution in [0.5, 0.6) is 5.75 Å². The number of anilines is 1. The summed E-state index contributed by atoms with van der Waals surface area (Å²) in [4.78, 5) is 10.6. The number of nitrogens with one attached hydrogen (secondary N) is 1. The van der Waals surface area contributed by atoms with E-state index in [0.717, 1.165) is 12.1 Å². The summed E-state index contributed by atoms with van der Waals surface area (Å²) in [7, 11) is 0. The number of hydrogen-bond donors (Lipinski definition) is 1. The molecule has 1 aromatic carbocycles. The van der Waals surface area contributed by atoms with Crippen molar-refractivity contribution in [1.82, 2.24) is 0 Å². The maximum Gasteiger partial charge on any atom is 0.275 e. The largest absolute Gasteiger partial charge is 0.494 e. The molecule has 5 heteroatoms. The summed E-state index contributed by atoms with van der Waals surface area (Å²) in [6.07, 6.45) is 2.31. The second-order valence-electron chi connectivity index (χ2n) is 5.57. The molecule has 1 aliphatic carbocycles. The van der Waals surface area contributed by atoms with Crippen molar-refractivity contribution >= 4 is 11.4 Å². The van der Waals surface area contributed by atoms with Crippen molar-refractivity contribution in [3.05, 3.63) is 28.3 Å². The van der Waals surface area contributed by atoms with Crippen LogP contribution in [0, 0.1) is 22.0 Å². The lowest BCUT2D eigenvalue weighted by molar-refractivity contribution is -0.384. The maximum absolute atomic E-state index is 11.0. The van der Waals surface area contributed by atoms with Gasteiger partial charge in [0.25, 0.3) is 5.69 Å². The van der Waals surface area contributed by atoms with Crippen LogP contribution >= 0.6 is 0 Å². The summed E-state index contributed by atoms with van der Waals surface area (Å²) < 4.78 is 5.41. The molecule has 1 saturated carbocycles. The zero-order valence-electron chi connectivity index (χ0n) is 12.3. The third-order valence-electron chi connectivity index (χ3n) is 4.23. The van der Waals surface area contributed by atoms with E-state index in [-0.39, 0.29) is 10.6 Å². The highest BCUT2D eigenvalue weighted by molar-refractivity contribution is 5.57. The van der Waals surface area contributed by atoms with Crippen LogP contribution in [0.1, 0.15) is 33.6 Å². The van der Waals surface area contributed by atoms with E-state index in [1.165, 1.54) is 12.5 Å². The molecule has 20 heavy (non-hydrogen) atoms. The number of nitro groups is 1. The smallest absolute Gasteiger partial charge is 0.275 e. The SMILES string of the molecule is CCOc1cc(NC2CCC(C)C2C)cc([N+](=O)[O-])c1. The zero-order chi connectivity index (χ0) is 14.7. The number of non-ortho nitro benzene ring substituents is 1. The van der Waals surface area contributed by atoms with Crippen LogP contribution in [-0.4, -0.2) is 17.6 Å². The molecule has 110 valence electrons. The maximum atomic E-state index is 11.0. The van der Waals surface area contributed by atoms with Gasteiger partial charge in [0.05, 0.1) is 17.6 Å². The molecule has 2 rings (SSSR count). The first kappa shape index (κ1) is 14.6. The second kappa shape index (κ2) is 6.11. The lowest BCUT2D eigenvalue weighted by Gasteiger charge is -2.21. The topological polar surface area (TPSA) is 64.4 Å². The summed E-state index contributed by atoms with van der Waals surface area (Å²) >= 11 is 0. The van der Waals surface area contributed by atoms with Gasteiger partial charge in [0.1, 0.15) is 5.75 Å². The van der Waals surface area contributed by atoms with Crippen LogP contribution in [0.4, 0.5) is 11.4 Å². The molecule has 0 amide bonds. The van der Waals surface area contributed by atoms with Crippen molar-refractivity contribution in [1.29, 1.82) is 0 Å². The molecular weight excluding hydrogens is 256 g/mol. The Morgan fingerprint density at radius 3 is 2.65 bits per heavy atom. The Labute approximate surface area is 119 Å². The van der Waals surface area contributed by atoms with Crippen LogP contribution in [0.2, 0.25) is 0 Å². The Morgan fingerprint density at radius 1 is 1.35 bits per heavy atom. The van der Waals surface area contributed by atoms with Crippen LogP contribution in [0.3, 0.4) is 0 Å². The highest BCUT2D eigenvalue weighted by atomic mass is 16.6. The van der Waals surface area contributed by atoms with Gasteiger partial charge in [-0.25, -0.2) is 0 Å². The Bertz CT molecular complexity index is 490. The molecule has 1 aliphatic rings. The molecule has 0 heterocycles. The monoisotopic (exact) mass is 278 g/mol. The molecule has 0 aliphatic heterocycles. The number of nitro benzene ring substituents is 1. The molecule has 0 aromatic heterocycles. The molecule has 1 N–H and O–H groups in total. The normalized spacial score (nSPS) is 25.4. The molecule has 3 atom stereocenters. The van der Waals surface area contributed by atoms with E-state index in [1.54, 1.807) is 6.07 Å². The van der Waals surface area contributed by atoms with Crippen molar-refractivity contribution in [2.75, 3.05) is 11.9 Å². The number of rotatable bonds is 5. The van der Waals surface area contributed by atoms with Gasteiger partial charge in [-0.2, -0.15) is 0 Å². The fourth-order valence-electron chi connectivity index (χ4n) is 2.80. The van der Waals surface area contributed by atoms with Crippen LogP contribution in [0.25, 0.3) is 0 Å². The van der Waals surface area contributed by atoms with E-state index >= 15 is 0 Å². The van der Waals surface area contributed by atoms with Crippen molar-refractivity contribution in [3.63, 3.8) is 0 Å². The average molecular weight is 278 g/mol.